The topological polar surface area (TPSA) is 34.1 Å². The Bertz CT molecular complexity index is 443. The van der Waals surface area contributed by atoms with Crippen LogP contribution in [0.15, 0.2) is 9.59 Å². The molecule has 0 fully saturated rings. The summed E-state index contributed by atoms with van der Waals surface area (Å²) in [4.78, 5) is 12.0. The molecule has 0 bridgehead atoms. The van der Waals surface area contributed by atoms with E-state index in [1.165, 1.54) is 11.3 Å². The second kappa shape index (κ2) is 3.52. The maximum atomic E-state index is 12.0. The van der Waals surface area contributed by atoms with E-state index in [2.05, 4.69) is 13.8 Å². The molecule has 0 aliphatic heterocycles. The number of thiophene rings is 1. The van der Waals surface area contributed by atoms with Crippen molar-refractivity contribution in [1.82, 2.24) is 0 Å². The maximum Gasteiger partial charge on any atom is 0.165 e. The molecule has 0 N–H and O–H groups in total. The number of carbonyl (C=O) groups excluding carboxylic acids is 1. The van der Waals surface area contributed by atoms with Gasteiger partial charge in [-0.1, -0.05) is 13.8 Å². The van der Waals surface area contributed by atoms with Gasteiger partial charge in [-0.25, -0.2) is 0 Å². The molecule has 2 rings (SSSR count). The quantitative estimate of drug-likeness (QED) is 0.758. The number of rotatable bonds is 1. The molecule has 0 aromatic carbocycles. The van der Waals surface area contributed by atoms with Crippen LogP contribution in [0.25, 0.3) is 0 Å². The van der Waals surface area contributed by atoms with Gasteiger partial charge in [0.25, 0.3) is 0 Å². The Hall–Kier alpha value is -0.480. The molecule has 0 radical (unpaired) electrons. The van der Waals surface area contributed by atoms with Gasteiger partial charge in [0.1, 0.15) is 4.21 Å². The maximum absolute atomic E-state index is 12.0. The zero-order chi connectivity index (χ0) is 11.2. The van der Waals surface area contributed by atoms with Crippen molar-refractivity contribution in [1.29, 1.82) is 0 Å². The highest BCUT2D eigenvalue weighted by molar-refractivity contribution is 7.86. The minimum atomic E-state index is -1.04. The largest absolute Gasteiger partial charge is 0.294 e. The van der Waals surface area contributed by atoms with Crippen LogP contribution in [-0.4, -0.2) is 16.2 Å². The first kappa shape index (κ1) is 11.0. The van der Waals surface area contributed by atoms with E-state index in [-0.39, 0.29) is 11.2 Å². The highest BCUT2D eigenvalue weighted by atomic mass is 32.2. The fourth-order valence-electron chi connectivity index (χ4n) is 2.11. The first-order chi connectivity index (χ1) is 6.91. The molecule has 1 aliphatic carbocycles. The van der Waals surface area contributed by atoms with E-state index in [1.54, 1.807) is 6.26 Å². The number of hydrogen-bond acceptors (Lipinski definition) is 3. The van der Waals surface area contributed by atoms with Crippen molar-refractivity contribution < 1.29 is 9.00 Å². The highest BCUT2D eigenvalue weighted by Gasteiger charge is 2.34. The van der Waals surface area contributed by atoms with Crippen molar-refractivity contribution in [3.63, 3.8) is 0 Å². The van der Waals surface area contributed by atoms with E-state index >= 15 is 0 Å². The summed E-state index contributed by atoms with van der Waals surface area (Å²) in [6.45, 7) is 4.21. The SMILES string of the molecule is C[S@](=O)c1scc2c1C(=O)CC(C)(C)C2. The summed E-state index contributed by atoms with van der Waals surface area (Å²) in [5.74, 6) is 0.160. The van der Waals surface area contributed by atoms with E-state index in [0.29, 0.717) is 6.42 Å². The first-order valence-electron chi connectivity index (χ1n) is 4.88. The van der Waals surface area contributed by atoms with Gasteiger partial charge in [0.15, 0.2) is 5.78 Å². The Kier molecular flexibility index (Phi) is 2.59. The number of fused-ring (bicyclic) bond motifs is 1. The van der Waals surface area contributed by atoms with Crippen molar-refractivity contribution >= 4 is 27.9 Å². The van der Waals surface area contributed by atoms with Gasteiger partial charge in [0, 0.05) is 18.2 Å². The van der Waals surface area contributed by atoms with E-state index in [9.17, 15) is 9.00 Å². The van der Waals surface area contributed by atoms with Gasteiger partial charge in [0.05, 0.1) is 10.8 Å². The molecule has 0 spiro atoms. The predicted molar refractivity (Wildman–Crippen MR) is 63.1 cm³/mol. The van der Waals surface area contributed by atoms with Crippen molar-refractivity contribution in [2.24, 2.45) is 5.41 Å². The first-order valence-corrected chi connectivity index (χ1v) is 7.31. The van der Waals surface area contributed by atoms with Gasteiger partial charge in [-0.15, -0.1) is 11.3 Å². The van der Waals surface area contributed by atoms with E-state index in [1.807, 2.05) is 5.38 Å². The van der Waals surface area contributed by atoms with Crippen LogP contribution in [-0.2, 0) is 17.2 Å². The van der Waals surface area contributed by atoms with E-state index < -0.39 is 10.8 Å². The smallest absolute Gasteiger partial charge is 0.165 e. The average Bonchev–Trinajstić information content (AvgIpc) is 2.45. The Morgan fingerprint density at radius 1 is 1.40 bits per heavy atom. The Morgan fingerprint density at radius 3 is 2.67 bits per heavy atom. The molecule has 82 valence electrons. The summed E-state index contributed by atoms with van der Waals surface area (Å²) in [5.41, 5.74) is 1.89. The molecule has 1 aromatic heterocycles. The molecule has 0 saturated carbocycles. The molecule has 1 aliphatic rings. The molecular formula is C11H14O2S2. The number of carbonyl (C=O) groups is 1. The van der Waals surface area contributed by atoms with Gasteiger partial charge in [-0.2, -0.15) is 0 Å². The lowest BCUT2D eigenvalue weighted by molar-refractivity contribution is 0.0910. The fourth-order valence-corrected chi connectivity index (χ4v) is 4.14. The Balaban J connectivity index is 2.53. The standard InChI is InChI=1S/C11H14O2S2/c1-11(2)4-7-6-14-10(15(3)13)9(7)8(12)5-11/h6H,4-5H2,1-3H3/t15-/m0/s1. The summed E-state index contributed by atoms with van der Waals surface area (Å²) < 4.78 is 12.2. The third kappa shape index (κ3) is 1.93. The van der Waals surface area contributed by atoms with Crippen LogP contribution in [0.5, 0.6) is 0 Å². The van der Waals surface area contributed by atoms with Crippen LogP contribution in [0, 0.1) is 5.41 Å². The summed E-state index contributed by atoms with van der Waals surface area (Å²) in [7, 11) is -1.04. The van der Waals surface area contributed by atoms with Gasteiger partial charge < -0.3 is 0 Å². The van der Waals surface area contributed by atoms with Gasteiger partial charge >= 0.3 is 0 Å². The lowest BCUT2D eigenvalue weighted by Gasteiger charge is -2.28. The molecular weight excluding hydrogens is 228 g/mol. The van der Waals surface area contributed by atoms with Crippen LogP contribution >= 0.6 is 11.3 Å². The van der Waals surface area contributed by atoms with Crippen molar-refractivity contribution in [2.75, 3.05) is 6.26 Å². The minimum Gasteiger partial charge on any atom is -0.294 e. The average molecular weight is 242 g/mol. The molecule has 0 amide bonds. The summed E-state index contributed by atoms with van der Waals surface area (Å²) in [5, 5.41) is 1.99. The van der Waals surface area contributed by atoms with Crippen LogP contribution in [0.4, 0.5) is 0 Å². The van der Waals surface area contributed by atoms with Crippen LogP contribution < -0.4 is 0 Å². The molecule has 0 unspecified atom stereocenters. The molecule has 1 atom stereocenters. The molecule has 2 nitrogen and oxygen atoms in total. The Morgan fingerprint density at radius 2 is 2.07 bits per heavy atom. The van der Waals surface area contributed by atoms with Crippen molar-refractivity contribution in [2.45, 2.75) is 30.9 Å². The second-order valence-electron chi connectivity index (χ2n) is 4.82. The monoisotopic (exact) mass is 242 g/mol. The number of Topliss-reactive ketones (excluding diaryl/α,β-unsaturated/α-hetero) is 1. The van der Waals surface area contributed by atoms with Crippen LogP contribution in [0.2, 0.25) is 0 Å². The molecule has 1 heterocycles. The van der Waals surface area contributed by atoms with E-state index in [0.717, 1.165) is 21.8 Å². The summed E-state index contributed by atoms with van der Waals surface area (Å²) in [6.07, 6.45) is 3.13. The zero-order valence-electron chi connectivity index (χ0n) is 9.12. The lowest BCUT2D eigenvalue weighted by atomic mass is 9.75. The summed E-state index contributed by atoms with van der Waals surface area (Å²) >= 11 is 1.46. The van der Waals surface area contributed by atoms with Crippen molar-refractivity contribution in [3.8, 4) is 0 Å². The molecule has 15 heavy (non-hydrogen) atoms. The molecule has 0 saturated heterocycles. The van der Waals surface area contributed by atoms with E-state index in [4.69, 9.17) is 0 Å². The third-order valence-corrected chi connectivity index (χ3v) is 5.22. The lowest BCUT2D eigenvalue weighted by Crippen LogP contribution is -2.26. The third-order valence-electron chi connectivity index (χ3n) is 2.68. The normalized spacial score (nSPS) is 21.1. The number of ketones is 1. The van der Waals surface area contributed by atoms with Gasteiger partial charge in [-0.3, -0.25) is 9.00 Å². The van der Waals surface area contributed by atoms with Gasteiger partial charge in [-0.05, 0) is 22.8 Å². The fraction of sp³-hybridized carbons (Fsp3) is 0.545. The second-order valence-corrected chi connectivity index (χ2v) is 7.27. The zero-order valence-corrected chi connectivity index (χ0v) is 10.8. The van der Waals surface area contributed by atoms with Crippen LogP contribution in [0.1, 0.15) is 36.2 Å². The number of hydrogen-bond donors (Lipinski definition) is 0. The molecule has 1 aromatic rings. The van der Waals surface area contributed by atoms with Crippen molar-refractivity contribution in [3.05, 3.63) is 16.5 Å². The summed E-state index contributed by atoms with van der Waals surface area (Å²) in [6, 6.07) is 0. The molecule has 4 heteroatoms. The predicted octanol–water partition coefficient (Wildman–Crippen LogP) is 2.64. The highest BCUT2D eigenvalue weighted by Crippen LogP contribution is 2.39. The Labute approximate surface area is 96.2 Å². The minimum absolute atomic E-state index is 0.0532. The van der Waals surface area contributed by atoms with Gasteiger partial charge in [0.2, 0.25) is 0 Å². The van der Waals surface area contributed by atoms with Crippen LogP contribution in [0.3, 0.4) is 0 Å².